The molecule has 0 radical (unpaired) electrons. The first-order valence-corrected chi connectivity index (χ1v) is 10.6. The van der Waals surface area contributed by atoms with Crippen LogP contribution in [0.5, 0.6) is 0 Å². The van der Waals surface area contributed by atoms with Gasteiger partial charge in [0, 0.05) is 36.8 Å². The molecule has 1 amide bonds. The second-order valence-electron chi connectivity index (χ2n) is 6.27. The lowest BCUT2D eigenvalue weighted by Gasteiger charge is -2.37. The highest BCUT2D eigenvalue weighted by atomic mass is 35.5. The van der Waals surface area contributed by atoms with Gasteiger partial charge >= 0.3 is 5.24 Å². The van der Waals surface area contributed by atoms with Crippen molar-refractivity contribution in [3.05, 3.63) is 24.3 Å². The summed E-state index contributed by atoms with van der Waals surface area (Å²) in [4.78, 5) is 21.7. The normalized spacial score (nSPS) is 21.2. The number of benzene rings is 1. The Labute approximate surface area is 165 Å². The van der Waals surface area contributed by atoms with Gasteiger partial charge in [-0.3, -0.25) is 9.69 Å². The van der Waals surface area contributed by atoms with Gasteiger partial charge in [0.25, 0.3) is 0 Å². The number of aliphatic imine (C=N–C) groups is 1. The summed E-state index contributed by atoms with van der Waals surface area (Å²) in [6.07, 6.45) is 4.34. The van der Waals surface area contributed by atoms with Crippen LogP contribution in [0, 0.1) is 0 Å². The number of anilines is 1. The third-order valence-electron chi connectivity index (χ3n) is 4.72. The summed E-state index contributed by atoms with van der Waals surface area (Å²) in [7, 11) is 0. The lowest BCUT2D eigenvalue weighted by Crippen LogP contribution is -2.46. The van der Waals surface area contributed by atoms with Crippen molar-refractivity contribution < 1.29 is 4.79 Å². The van der Waals surface area contributed by atoms with E-state index in [-0.39, 0.29) is 17.6 Å². The summed E-state index contributed by atoms with van der Waals surface area (Å²) in [5.41, 5.74) is 2.38. The van der Waals surface area contributed by atoms with Gasteiger partial charge in [0.15, 0.2) is 0 Å². The van der Waals surface area contributed by atoms with Gasteiger partial charge in [-0.2, -0.15) is 0 Å². The molecule has 1 saturated heterocycles. The van der Waals surface area contributed by atoms with Crippen molar-refractivity contribution in [3.8, 4) is 0 Å². The number of hydrogen-bond acceptors (Lipinski definition) is 5. The van der Waals surface area contributed by atoms with Gasteiger partial charge in [0.1, 0.15) is 0 Å². The molecule has 0 bridgehead atoms. The van der Waals surface area contributed by atoms with Crippen LogP contribution in [0.1, 0.15) is 19.8 Å². The van der Waals surface area contributed by atoms with E-state index in [0.29, 0.717) is 5.25 Å². The highest BCUT2D eigenvalue weighted by Crippen LogP contribution is 2.29. The SMILES string of the molecule is CSc1ccccc1N1CCN(CCCC2SC(=O)N=C2C)CC1.Cl. The van der Waals surface area contributed by atoms with Crippen molar-refractivity contribution in [1.29, 1.82) is 0 Å². The first-order chi connectivity index (χ1) is 11.7. The Kier molecular flexibility index (Phi) is 8.13. The quantitative estimate of drug-likeness (QED) is 0.661. The molecule has 1 unspecified atom stereocenters. The van der Waals surface area contributed by atoms with Gasteiger partial charge in [-0.1, -0.05) is 23.9 Å². The average molecular weight is 400 g/mol. The van der Waals surface area contributed by atoms with Gasteiger partial charge < -0.3 is 4.90 Å². The fourth-order valence-corrected chi connectivity index (χ4v) is 4.89. The minimum Gasteiger partial charge on any atom is -0.368 e. The summed E-state index contributed by atoms with van der Waals surface area (Å²) in [5.74, 6) is 0. The second-order valence-corrected chi connectivity index (χ2v) is 8.27. The molecule has 7 heteroatoms. The van der Waals surface area contributed by atoms with Crippen LogP contribution in [0.15, 0.2) is 34.2 Å². The number of halogens is 1. The third kappa shape index (κ3) is 5.39. The maximum Gasteiger partial charge on any atom is 0.305 e. The summed E-state index contributed by atoms with van der Waals surface area (Å²) < 4.78 is 0. The van der Waals surface area contributed by atoms with Crippen molar-refractivity contribution in [2.45, 2.75) is 29.9 Å². The monoisotopic (exact) mass is 399 g/mol. The Balaban J connectivity index is 0.00000225. The minimum absolute atomic E-state index is 0. The predicted molar refractivity (Wildman–Crippen MR) is 113 cm³/mol. The number of nitrogens with zero attached hydrogens (tertiary/aromatic N) is 3. The summed E-state index contributed by atoms with van der Waals surface area (Å²) >= 11 is 3.21. The van der Waals surface area contributed by atoms with E-state index in [0.717, 1.165) is 51.3 Å². The van der Waals surface area contributed by atoms with Crippen LogP contribution in [-0.2, 0) is 0 Å². The third-order valence-corrected chi connectivity index (χ3v) is 6.65. The molecular formula is C18H26ClN3OS2. The van der Waals surface area contributed by atoms with Crippen LogP contribution in [0.4, 0.5) is 10.5 Å². The lowest BCUT2D eigenvalue weighted by molar-refractivity contribution is 0.253. The molecule has 1 fully saturated rings. The molecule has 25 heavy (non-hydrogen) atoms. The van der Waals surface area contributed by atoms with Crippen LogP contribution in [0.3, 0.4) is 0 Å². The molecule has 3 rings (SSSR count). The highest BCUT2D eigenvalue weighted by Gasteiger charge is 2.25. The van der Waals surface area contributed by atoms with Gasteiger partial charge in [0.05, 0.1) is 10.9 Å². The van der Waals surface area contributed by atoms with Crippen LogP contribution in [0.2, 0.25) is 0 Å². The molecule has 2 heterocycles. The standard InChI is InChI=1S/C18H25N3OS2.ClH/c1-14-16(24-18(22)19-14)8-5-9-20-10-12-21(13-11-20)15-6-3-4-7-17(15)23-2;/h3-4,6-7,16H,5,8-13H2,1-2H3;1H. The largest absolute Gasteiger partial charge is 0.368 e. The summed E-state index contributed by atoms with van der Waals surface area (Å²) in [6.45, 7) is 7.52. The topological polar surface area (TPSA) is 35.9 Å². The zero-order chi connectivity index (χ0) is 16.9. The number of piperazine rings is 1. The van der Waals surface area contributed by atoms with Crippen molar-refractivity contribution in [2.75, 3.05) is 43.9 Å². The number of carbonyl (C=O) groups is 1. The molecule has 0 aliphatic carbocycles. The number of amides is 1. The van der Waals surface area contributed by atoms with E-state index in [1.54, 1.807) is 0 Å². The molecule has 0 spiro atoms. The average Bonchev–Trinajstić information content (AvgIpc) is 2.93. The van der Waals surface area contributed by atoms with Crippen LogP contribution >= 0.6 is 35.9 Å². The van der Waals surface area contributed by atoms with Crippen molar-refractivity contribution in [1.82, 2.24) is 4.90 Å². The smallest absolute Gasteiger partial charge is 0.305 e. The Morgan fingerprint density at radius 3 is 2.60 bits per heavy atom. The molecule has 1 aromatic carbocycles. The highest BCUT2D eigenvalue weighted by molar-refractivity contribution is 8.15. The van der Waals surface area contributed by atoms with Gasteiger partial charge in [0.2, 0.25) is 0 Å². The van der Waals surface area contributed by atoms with E-state index in [1.807, 2.05) is 18.7 Å². The van der Waals surface area contributed by atoms with E-state index in [9.17, 15) is 4.79 Å². The van der Waals surface area contributed by atoms with Gasteiger partial charge in [-0.05, 0) is 44.7 Å². The molecule has 0 aromatic heterocycles. The number of rotatable bonds is 6. The molecule has 2 aliphatic rings. The van der Waals surface area contributed by atoms with Gasteiger partial charge in [-0.15, -0.1) is 24.2 Å². The Morgan fingerprint density at radius 2 is 1.96 bits per heavy atom. The van der Waals surface area contributed by atoms with E-state index in [4.69, 9.17) is 0 Å². The first-order valence-electron chi connectivity index (χ1n) is 8.53. The lowest BCUT2D eigenvalue weighted by atomic mass is 10.1. The minimum atomic E-state index is -0.0152. The van der Waals surface area contributed by atoms with E-state index in [1.165, 1.54) is 22.3 Å². The molecule has 1 aromatic rings. The predicted octanol–water partition coefficient (Wildman–Crippen LogP) is 4.43. The van der Waals surface area contributed by atoms with Crippen molar-refractivity contribution in [2.24, 2.45) is 4.99 Å². The number of para-hydroxylation sites is 1. The second kappa shape index (κ2) is 9.86. The van der Waals surface area contributed by atoms with E-state index < -0.39 is 0 Å². The summed E-state index contributed by atoms with van der Waals surface area (Å²) in [6, 6.07) is 8.68. The molecule has 0 N–H and O–H groups in total. The van der Waals surface area contributed by atoms with Crippen LogP contribution < -0.4 is 4.90 Å². The number of hydrogen-bond donors (Lipinski definition) is 0. The molecule has 2 aliphatic heterocycles. The Morgan fingerprint density at radius 1 is 1.24 bits per heavy atom. The van der Waals surface area contributed by atoms with Crippen molar-refractivity contribution in [3.63, 3.8) is 0 Å². The number of thioether (sulfide) groups is 2. The maximum atomic E-state index is 11.3. The Bertz CT molecular complexity index is 618. The molecular weight excluding hydrogens is 374 g/mol. The zero-order valence-corrected chi connectivity index (χ0v) is 17.3. The first kappa shape index (κ1) is 20.6. The number of carbonyl (C=O) groups excluding carboxylic acids is 1. The van der Waals surface area contributed by atoms with E-state index in [2.05, 4.69) is 45.3 Å². The van der Waals surface area contributed by atoms with Gasteiger partial charge in [-0.25, -0.2) is 4.99 Å². The summed E-state index contributed by atoms with van der Waals surface area (Å²) in [5, 5.41) is 0.297. The molecule has 0 saturated carbocycles. The maximum absolute atomic E-state index is 11.3. The fourth-order valence-electron chi connectivity index (χ4n) is 3.32. The van der Waals surface area contributed by atoms with Crippen LogP contribution in [0.25, 0.3) is 0 Å². The molecule has 4 nitrogen and oxygen atoms in total. The van der Waals surface area contributed by atoms with Crippen molar-refractivity contribution >= 4 is 52.6 Å². The zero-order valence-electron chi connectivity index (χ0n) is 14.8. The Hall–Kier alpha value is -0.690. The fraction of sp³-hybridized carbons (Fsp3) is 0.556. The molecule has 138 valence electrons. The molecule has 1 atom stereocenters. The van der Waals surface area contributed by atoms with E-state index >= 15 is 0 Å². The van der Waals surface area contributed by atoms with Crippen LogP contribution in [-0.4, -0.2) is 60.1 Å².